The fourth-order valence-corrected chi connectivity index (χ4v) is 2.09. The zero-order valence-corrected chi connectivity index (χ0v) is 18.3. The largest absolute Gasteiger partial charge is 0.467 e. The summed E-state index contributed by atoms with van der Waals surface area (Å²) in [5.41, 5.74) is -0.790. The van der Waals surface area contributed by atoms with Crippen molar-refractivity contribution in [2.24, 2.45) is 0 Å². The highest BCUT2D eigenvalue weighted by Crippen LogP contribution is 2.20. The summed E-state index contributed by atoms with van der Waals surface area (Å²) in [5, 5.41) is 0. The molecule has 0 aliphatic heterocycles. The number of esters is 1. The van der Waals surface area contributed by atoms with Gasteiger partial charge >= 0.3 is 18.2 Å². The van der Waals surface area contributed by atoms with Gasteiger partial charge in [-0.1, -0.05) is 11.6 Å². The second-order valence-electron chi connectivity index (χ2n) is 8.13. The van der Waals surface area contributed by atoms with E-state index in [-0.39, 0.29) is 6.42 Å². The minimum absolute atomic E-state index is 0.152. The Balaban J connectivity index is 5.77. The molecule has 0 heterocycles. The van der Waals surface area contributed by atoms with Crippen LogP contribution in [0.1, 0.15) is 61.3 Å². The van der Waals surface area contributed by atoms with Gasteiger partial charge in [-0.2, -0.15) is 4.90 Å². The third kappa shape index (κ3) is 10.2. The summed E-state index contributed by atoms with van der Waals surface area (Å²) in [6, 6.07) is -1.18. The molecule has 0 N–H and O–H groups in total. The van der Waals surface area contributed by atoms with Gasteiger partial charge in [0.05, 0.1) is 7.11 Å². The van der Waals surface area contributed by atoms with Crippen molar-refractivity contribution < 1.29 is 28.6 Å². The van der Waals surface area contributed by atoms with Crippen molar-refractivity contribution >= 4 is 29.8 Å². The molecule has 0 fully saturated rings. The number of amides is 2. The van der Waals surface area contributed by atoms with Crippen molar-refractivity contribution in [3.05, 3.63) is 11.6 Å². The molecule has 0 aromatic carbocycles. The molecule has 2 amide bonds. The summed E-state index contributed by atoms with van der Waals surface area (Å²) in [7, 11) is 1.19. The summed E-state index contributed by atoms with van der Waals surface area (Å²) in [5.74, 6) is -0.381. The first-order valence-corrected chi connectivity index (χ1v) is 9.30. The molecule has 0 aliphatic carbocycles. The second kappa shape index (κ2) is 10.5. The van der Waals surface area contributed by atoms with Crippen LogP contribution in [-0.4, -0.2) is 53.3 Å². The van der Waals surface area contributed by atoms with E-state index >= 15 is 0 Å². The van der Waals surface area contributed by atoms with Crippen LogP contribution in [0.3, 0.4) is 0 Å². The van der Waals surface area contributed by atoms with E-state index in [1.165, 1.54) is 7.11 Å². The Morgan fingerprint density at radius 1 is 1.00 bits per heavy atom. The van der Waals surface area contributed by atoms with Gasteiger partial charge in [0.2, 0.25) is 0 Å². The van der Waals surface area contributed by atoms with E-state index in [1.807, 2.05) is 13.0 Å². The Hall–Kier alpha value is -1.76. The van der Waals surface area contributed by atoms with Crippen molar-refractivity contribution in [3.63, 3.8) is 0 Å². The number of allylic oxidation sites excluding steroid dienone is 2. The highest BCUT2D eigenvalue weighted by molar-refractivity contribution is 6.19. The van der Waals surface area contributed by atoms with Crippen molar-refractivity contribution in [2.45, 2.75) is 78.6 Å². The fraction of sp³-hybridized carbons (Fsp3) is 0.737. The van der Waals surface area contributed by atoms with E-state index in [0.717, 1.165) is 5.57 Å². The van der Waals surface area contributed by atoms with Crippen molar-refractivity contribution in [1.29, 1.82) is 0 Å². The number of halogens is 1. The highest BCUT2D eigenvalue weighted by Gasteiger charge is 2.40. The Kier molecular flexibility index (Phi) is 9.86. The quantitative estimate of drug-likeness (QED) is 0.276. The van der Waals surface area contributed by atoms with Crippen molar-refractivity contribution in [3.8, 4) is 0 Å². The van der Waals surface area contributed by atoms with Gasteiger partial charge in [-0.25, -0.2) is 14.4 Å². The molecule has 1 atom stereocenters. The van der Waals surface area contributed by atoms with Crippen LogP contribution in [0.5, 0.6) is 0 Å². The molecule has 0 spiro atoms. The molecule has 0 radical (unpaired) electrons. The van der Waals surface area contributed by atoms with Crippen LogP contribution in [0.4, 0.5) is 9.59 Å². The SMILES string of the molecule is COC(=O)C(CC/C=C(\C)CCl)N(C(=O)OC(C)(C)C)C(=O)OC(C)(C)C. The topological polar surface area (TPSA) is 82.1 Å². The molecule has 0 saturated carbocycles. The molecule has 0 rings (SSSR count). The Bertz CT molecular complexity index is 532. The van der Waals surface area contributed by atoms with Gasteiger partial charge in [-0.15, -0.1) is 11.6 Å². The molecule has 1 unspecified atom stereocenters. The maximum Gasteiger partial charge on any atom is 0.420 e. The molecule has 8 heteroatoms. The number of carbonyl (C=O) groups is 3. The Labute approximate surface area is 167 Å². The lowest BCUT2D eigenvalue weighted by Crippen LogP contribution is -2.52. The second-order valence-corrected chi connectivity index (χ2v) is 8.40. The number of ether oxygens (including phenoxy) is 3. The first kappa shape index (κ1) is 25.2. The van der Waals surface area contributed by atoms with E-state index in [4.69, 9.17) is 25.8 Å². The maximum absolute atomic E-state index is 12.7. The van der Waals surface area contributed by atoms with Crippen LogP contribution in [0.2, 0.25) is 0 Å². The predicted molar refractivity (Wildman–Crippen MR) is 104 cm³/mol. The lowest BCUT2D eigenvalue weighted by atomic mass is 10.1. The Morgan fingerprint density at radius 3 is 1.78 bits per heavy atom. The summed E-state index contributed by atoms with van der Waals surface area (Å²) >= 11 is 5.75. The average molecular weight is 406 g/mol. The smallest absolute Gasteiger partial charge is 0.420 e. The van der Waals surface area contributed by atoms with Gasteiger partial charge in [0.1, 0.15) is 17.2 Å². The number of nitrogens with zero attached hydrogens (tertiary/aromatic N) is 1. The predicted octanol–water partition coefficient (Wildman–Crippen LogP) is 4.67. The molecule has 0 aromatic heterocycles. The van der Waals surface area contributed by atoms with Crippen molar-refractivity contribution in [2.75, 3.05) is 13.0 Å². The minimum atomic E-state index is -1.18. The lowest BCUT2D eigenvalue weighted by molar-refractivity contribution is -0.146. The monoisotopic (exact) mass is 405 g/mol. The summed E-state index contributed by atoms with van der Waals surface area (Å²) in [6.45, 7) is 11.8. The van der Waals surface area contributed by atoms with Gasteiger partial charge in [0.15, 0.2) is 0 Å². The number of hydrogen-bond acceptors (Lipinski definition) is 6. The van der Waals surface area contributed by atoms with E-state index in [9.17, 15) is 14.4 Å². The average Bonchev–Trinajstić information content (AvgIpc) is 2.49. The number of carbonyl (C=O) groups excluding carboxylic acids is 3. The van der Waals surface area contributed by atoms with E-state index in [2.05, 4.69) is 0 Å². The molecule has 156 valence electrons. The van der Waals surface area contributed by atoms with Gasteiger partial charge < -0.3 is 14.2 Å². The van der Waals surface area contributed by atoms with Gasteiger partial charge in [0, 0.05) is 5.88 Å². The normalized spacial score (nSPS) is 13.6. The molecule has 0 aromatic rings. The zero-order chi connectivity index (χ0) is 21.4. The summed E-state index contributed by atoms with van der Waals surface area (Å²) in [4.78, 5) is 38.3. The summed E-state index contributed by atoms with van der Waals surface area (Å²) in [6.07, 6.45) is 0.473. The fourth-order valence-electron chi connectivity index (χ4n) is 1.98. The molecule has 7 nitrogen and oxygen atoms in total. The van der Waals surface area contributed by atoms with Crippen molar-refractivity contribution in [1.82, 2.24) is 4.90 Å². The molecule has 0 saturated heterocycles. The number of rotatable bonds is 6. The zero-order valence-electron chi connectivity index (χ0n) is 17.6. The minimum Gasteiger partial charge on any atom is -0.467 e. The first-order chi connectivity index (χ1) is 12.2. The van der Waals surface area contributed by atoms with Crippen LogP contribution in [0, 0.1) is 0 Å². The van der Waals surface area contributed by atoms with E-state index in [1.54, 1.807) is 41.5 Å². The molecule has 27 heavy (non-hydrogen) atoms. The lowest BCUT2D eigenvalue weighted by Gasteiger charge is -2.32. The van der Waals surface area contributed by atoms with Crippen LogP contribution < -0.4 is 0 Å². The highest BCUT2D eigenvalue weighted by atomic mass is 35.5. The molecule has 0 bridgehead atoms. The van der Waals surface area contributed by atoms with E-state index in [0.29, 0.717) is 17.2 Å². The van der Waals surface area contributed by atoms with Crippen LogP contribution in [0.15, 0.2) is 11.6 Å². The van der Waals surface area contributed by atoms with Crippen LogP contribution in [-0.2, 0) is 19.0 Å². The number of imide groups is 1. The molecular formula is C19H32ClNO6. The van der Waals surface area contributed by atoms with Gasteiger partial charge in [0.25, 0.3) is 0 Å². The summed E-state index contributed by atoms with van der Waals surface area (Å²) < 4.78 is 15.4. The van der Waals surface area contributed by atoms with Gasteiger partial charge in [-0.3, -0.25) is 0 Å². The first-order valence-electron chi connectivity index (χ1n) is 8.76. The van der Waals surface area contributed by atoms with Crippen LogP contribution >= 0.6 is 11.6 Å². The molecule has 0 aliphatic rings. The number of methoxy groups -OCH3 is 1. The third-order valence-electron chi connectivity index (χ3n) is 3.11. The van der Waals surface area contributed by atoms with E-state index < -0.39 is 35.4 Å². The third-order valence-corrected chi connectivity index (χ3v) is 3.53. The standard InChI is InChI=1S/C19H32ClNO6/c1-13(12-20)10-9-11-14(15(22)25-8)21(16(23)26-18(2,3)4)17(24)27-19(5,6)7/h10,14H,9,11-12H2,1-8H3/b13-10+. The molecular weight excluding hydrogens is 374 g/mol. The van der Waals surface area contributed by atoms with Crippen LogP contribution in [0.25, 0.3) is 0 Å². The Morgan fingerprint density at radius 2 is 1.44 bits per heavy atom. The number of hydrogen-bond donors (Lipinski definition) is 0. The number of alkyl halides is 1. The maximum atomic E-state index is 12.7. The van der Waals surface area contributed by atoms with Gasteiger partial charge in [-0.05, 0) is 61.3 Å².